The lowest BCUT2D eigenvalue weighted by atomic mass is 10.0. The molecule has 110 valence electrons. The van der Waals surface area contributed by atoms with Gasteiger partial charge in [0, 0.05) is 17.2 Å². The molecule has 3 rings (SSSR count). The molecule has 0 amide bonds. The molecule has 0 unspecified atom stereocenters. The van der Waals surface area contributed by atoms with Crippen molar-refractivity contribution in [1.82, 2.24) is 9.97 Å². The molecule has 1 aliphatic carbocycles. The maximum atomic E-state index is 6.20. The second-order valence-corrected chi connectivity index (χ2v) is 5.99. The summed E-state index contributed by atoms with van der Waals surface area (Å²) in [7, 11) is 1.68. The molecule has 1 fully saturated rings. The maximum absolute atomic E-state index is 6.20. The Kier molecular flexibility index (Phi) is 4.11. The van der Waals surface area contributed by atoms with Crippen molar-refractivity contribution in [3.8, 4) is 17.1 Å². The van der Waals surface area contributed by atoms with Crippen molar-refractivity contribution in [2.75, 3.05) is 7.11 Å². The summed E-state index contributed by atoms with van der Waals surface area (Å²) >= 11 is 6.20. The first-order valence-electron chi connectivity index (χ1n) is 7.37. The highest BCUT2D eigenvalue weighted by Crippen LogP contribution is 2.35. The SMILES string of the molecule is COc1ccc(-c2nc(Cl)cc(C3CCCC3)n2)cc1C. The number of benzene rings is 1. The van der Waals surface area contributed by atoms with Crippen LogP contribution in [0.15, 0.2) is 24.3 Å². The largest absolute Gasteiger partial charge is 0.496 e. The fourth-order valence-corrected chi connectivity index (χ4v) is 3.20. The van der Waals surface area contributed by atoms with E-state index in [0.717, 1.165) is 22.6 Å². The van der Waals surface area contributed by atoms with E-state index in [0.29, 0.717) is 16.9 Å². The van der Waals surface area contributed by atoms with Crippen molar-refractivity contribution >= 4 is 11.6 Å². The first-order valence-corrected chi connectivity index (χ1v) is 7.74. The van der Waals surface area contributed by atoms with E-state index in [1.54, 1.807) is 7.11 Å². The Labute approximate surface area is 130 Å². The van der Waals surface area contributed by atoms with Gasteiger partial charge in [0.05, 0.1) is 7.11 Å². The number of nitrogens with zero attached hydrogens (tertiary/aromatic N) is 2. The Balaban J connectivity index is 1.99. The summed E-state index contributed by atoms with van der Waals surface area (Å²) in [6.07, 6.45) is 4.97. The van der Waals surface area contributed by atoms with E-state index in [4.69, 9.17) is 21.3 Å². The Hall–Kier alpha value is -1.61. The minimum absolute atomic E-state index is 0.523. The molecule has 1 aromatic heterocycles. The zero-order valence-electron chi connectivity index (χ0n) is 12.4. The van der Waals surface area contributed by atoms with Crippen LogP contribution in [0, 0.1) is 6.92 Å². The molecular weight excluding hydrogens is 284 g/mol. The van der Waals surface area contributed by atoms with E-state index in [-0.39, 0.29) is 0 Å². The average molecular weight is 303 g/mol. The fraction of sp³-hybridized carbons (Fsp3) is 0.412. The summed E-state index contributed by atoms with van der Waals surface area (Å²) in [6.45, 7) is 2.02. The molecule has 1 heterocycles. The van der Waals surface area contributed by atoms with Crippen LogP contribution in [0.1, 0.15) is 42.9 Å². The maximum Gasteiger partial charge on any atom is 0.161 e. The van der Waals surface area contributed by atoms with E-state index in [1.807, 2.05) is 31.2 Å². The molecule has 2 aromatic rings. The topological polar surface area (TPSA) is 35.0 Å². The number of aromatic nitrogens is 2. The normalized spacial score (nSPS) is 15.4. The third-order valence-electron chi connectivity index (χ3n) is 4.14. The summed E-state index contributed by atoms with van der Waals surface area (Å²) in [4.78, 5) is 9.13. The summed E-state index contributed by atoms with van der Waals surface area (Å²) in [6, 6.07) is 7.89. The van der Waals surface area contributed by atoms with Crippen LogP contribution in [0.25, 0.3) is 11.4 Å². The number of rotatable bonds is 3. The molecule has 1 aromatic carbocycles. The van der Waals surface area contributed by atoms with E-state index in [1.165, 1.54) is 25.7 Å². The number of ether oxygens (including phenoxy) is 1. The number of methoxy groups -OCH3 is 1. The van der Waals surface area contributed by atoms with Crippen LogP contribution in [0.2, 0.25) is 5.15 Å². The highest BCUT2D eigenvalue weighted by Gasteiger charge is 2.20. The monoisotopic (exact) mass is 302 g/mol. The quantitative estimate of drug-likeness (QED) is 0.766. The van der Waals surface area contributed by atoms with Gasteiger partial charge in [-0.15, -0.1) is 0 Å². The second kappa shape index (κ2) is 6.02. The zero-order chi connectivity index (χ0) is 14.8. The van der Waals surface area contributed by atoms with Crippen LogP contribution in [0.5, 0.6) is 5.75 Å². The van der Waals surface area contributed by atoms with Crippen LogP contribution in [-0.2, 0) is 0 Å². The van der Waals surface area contributed by atoms with Gasteiger partial charge in [0.25, 0.3) is 0 Å². The summed E-state index contributed by atoms with van der Waals surface area (Å²) in [5.74, 6) is 2.11. The third kappa shape index (κ3) is 3.03. The van der Waals surface area contributed by atoms with Crippen LogP contribution in [0.4, 0.5) is 0 Å². The van der Waals surface area contributed by atoms with Crippen molar-refractivity contribution in [2.45, 2.75) is 38.5 Å². The lowest BCUT2D eigenvalue weighted by Gasteiger charge is -2.11. The molecule has 0 spiro atoms. The first-order chi connectivity index (χ1) is 10.2. The van der Waals surface area contributed by atoms with E-state index < -0.39 is 0 Å². The van der Waals surface area contributed by atoms with Gasteiger partial charge in [-0.1, -0.05) is 24.4 Å². The predicted octanol–water partition coefficient (Wildman–Crippen LogP) is 4.77. The summed E-state index contributed by atoms with van der Waals surface area (Å²) in [5.41, 5.74) is 3.13. The number of hydrogen-bond acceptors (Lipinski definition) is 3. The molecule has 4 heteroatoms. The van der Waals surface area contributed by atoms with Crippen molar-refractivity contribution < 1.29 is 4.74 Å². The average Bonchev–Trinajstić information content (AvgIpc) is 3.01. The Morgan fingerprint density at radius 2 is 1.90 bits per heavy atom. The Bertz CT molecular complexity index is 651. The van der Waals surface area contributed by atoms with Gasteiger partial charge in [0.15, 0.2) is 5.82 Å². The van der Waals surface area contributed by atoms with Gasteiger partial charge in [-0.25, -0.2) is 9.97 Å². The van der Waals surface area contributed by atoms with Gasteiger partial charge in [0.2, 0.25) is 0 Å². The van der Waals surface area contributed by atoms with Gasteiger partial charge >= 0.3 is 0 Å². The molecule has 0 N–H and O–H groups in total. The van der Waals surface area contributed by atoms with Crippen molar-refractivity contribution in [3.63, 3.8) is 0 Å². The van der Waals surface area contributed by atoms with Crippen molar-refractivity contribution in [2.24, 2.45) is 0 Å². The predicted molar refractivity (Wildman–Crippen MR) is 85.0 cm³/mol. The second-order valence-electron chi connectivity index (χ2n) is 5.60. The number of halogens is 1. The standard InChI is InChI=1S/C17H19ClN2O/c1-11-9-13(7-8-15(11)21-2)17-19-14(10-16(18)20-17)12-5-3-4-6-12/h7-10,12H,3-6H2,1-2H3. The van der Waals surface area contributed by atoms with Gasteiger partial charge in [0.1, 0.15) is 10.9 Å². The molecule has 21 heavy (non-hydrogen) atoms. The third-order valence-corrected chi connectivity index (χ3v) is 4.33. The molecule has 0 radical (unpaired) electrons. The molecule has 0 bridgehead atoms. The zero-order valence-corrected chi connectivity index (χ0v) is 13.2. The van der Waals surface area contributed by atoms with Gasteiger partial charge in [-0.2, -0.15) is 0 Å². The van der Waals surface area contributed by atoms with E-state index in [2.05, 4.69) is 4.98 Å². The van der Waals surface area contributed by atoms with Gasteiger partial charge in [-0.05, 0) is 49.6 Å². The van der Waals surface area contributed by atoms with Crippen molar-refractivity contribution in [1.29, 1.82) is 0 Å². The summed E-state index contributed by atoms with van der Waals surface area (Å²) < 4.78 is 5.30. The number of aryl methyl sites for hydroxylation is 1. The van der Waals surface area contributed by atoms with Crippen LogP contribution < -0.4 is 4.74 Å². The molecule has 1 aliphatic rings. The van der Waals surface area contributed by atoms with E-state index >= 15 is 0 Å². The lowest BCUT2D eigenvalue weighted by molar-refractivity contribution is 0.412. The van der Waals surface area contributed by atoms with Crippen LogP contribution in [-0.4, -0.2) is 17.1 Å². The summed E-state index contributed by atoms with van der Waals surface area (Å²) in [5, 5.41) is 0.523. The van der Waals surface area contributed by atoms with Gasteiger partial charge < -0.3 is 4.74 Å². The highest BCUT2D eigenvalue weighted by atomic mass is 35.5. The smallest absolute Gasteiger partial charge is 0.161 e. The Morgan fingerprint density at radius 1 is 1.14 bits per heavy atom. The highest BCUT2D eigenvalue weighted by molar-refractivity contribution is 6.29. The van der Waals surface area contributed by atoms with Crippen molar-refractivity contribution in [3.05, 3.63) is 40.7 Å². The number of hydrogen-bond donors (Lipinski definition) is 0. The lowest BCUT2D eigenvalue weighted by Crippen LogP contribution is -2.01. The van der Waals surface area contributed by atoms with Crippen LogP contribution >= 0.6 is 11.6 Å². The molecule has 0 saturated heterocycles. The van der Waals surface area contributed by atoms with E-state index in [9.17, 15) is 0 Å². The fourth-order valence-electron chi connectivity index (χ4n) is 3.01. The minimum atomic E-state index is 0.523. The Morgan fingerprint density at radius 3 is 2.57 bits per heavy atom. The molecule has 0 atom stereocenters. The minimum Gasteiger partial charge on any atom is -0.496 e. The molecule has 1 saturated carbocycles. The molecule has 0 aliphatic heterocycles. The van der Waals surface area contributed by atoms with Crippen LogP contribution in [0.3, 0.4) is 0 Å². The first kappa shape index (κ1) is 14.3. The van der Waals surface area contributed by atoms with Gasteiger partial charge in [-0.3, -0.25) is 0 Å². The molecule has 3 nitrogen and oxygen atoms in total. The molecular formula is C17H19ClN2O.